The SMILES string of the molecule is CC(C)C(C)NS(=O)(=O)c1ccc(Cl)c(CO)c1Cl. The Kier molecular flexibility index (Phi) is 5.65. The highest BCUT2D eigenvalue weighted by atomic mass is 35.5. The number of hydrogen-bond donors (Lipinski definition) is 2. The molecule has 19 heavy (non-hydrogen) atoms. The van der Waals surface area contributed by atoms with Gasteiger partial charge in [-0.2, -0.15) is 0 Å². The second kappa shape index (κ2) is 6.41. The van der Waals surface area contributed by atoms with Gasteiger partial charge in [0.25, 0.3) is 0 Å². The zero-order valence-corrected chi connectivity index (χ0v) is 13.3. The maximum absolute atomic E-state index is 12.2. The summed E-state index contributed by atoms with van der Waals surface area (Å²) in [5.74, 6) is 0.151. The first-order valence-corrected chi connectivity index (χ1v) is 8.04. The molecular weight excluding hydrogens is 309 g/mol. The van der Waals surface area contributed by atoms with Gasteiger partial charge in [0.1, 0.15) is 4.90 Å². The summed E-state index contributed by atoms with van der Waals surface area (Å²) < 4.78 is 27.0. The lowest BCUT2D eigenvalue weighted by atomic mass is 10.1. The van der Waals surface area contributed by atoms with Gasteiger partial charge >= 0.3 is 0 Å². The van der Waals surface area contributed by atoms with Gasteiger partial charge in [-0.25, -0.2) is 13.1 Å². The van der Waals surface area contributed by atoms with Crippen LogP contribution >= 0.6 is 23.2 Å². The minimum absolute atomic E-state index is 0.0431. The van der Waals surface area contributed by atoms with Crippen LogP contribution in [0.5, 0.6) is 0 Å². The smallest absolute Gasteiger partial charge is 0.242 e. The van der Waals surface area contributed by atoms with Crippen molar-refractivity contribution in [2.45, 2.75) is 38.3 Å². The molecule has 0 fully saturated rings. The molecule has 0 saturated heterocycles. The van der Waals surface area contributed by atoms with E-state index in [1.807, 2.05) is 13.8 Å². The average Bonchev–Trinajstić information content (AvgIpc) is 2.28. The van der Waals surface area contributed by atoms with Gasteiger partial charge in [-0.3, -0.25) is 0 Å². The van der Waals surface area contributed by atoms with Crippen LogP contribution in [-0.2, 0) is 16.6 Å². The molecule has 0 aromatic heterocycles. The number of aliphatic hydroxyl groups excluding tert-OH is 1. The Balaban J connectivity index is 3.23. The number of sulfonamides is 1. The molecule has 1 aromatic rings. The molecule has 0 spiro atoms. The van der Waals surface area contributed by atoms with E-state index in [1.54, 1.807) is 6.92 Å². The van der Waals surface area contributed by atoms with E-state index in [4.69, 9.17) is 23.2 Å². The number of hydrogen-bond acceptors (Lipinski definition) is 3. The Morgan fingerprint density at radius 3 is 2.32 bits per heavy atom. The molecule has 0 heterocycles. The van der Waals surface area contributed by atoms with Crippen molar-refractivity contribution in [1.29, 1.82) is 0 Å². The van der Waals surface area contributed by atoms with Crippen LogP contribution < -0.4 is 4.72 Å². The van der Waals surface area contributed by atoms with Crippen molar-refractivity contribution in [1.82, 2.24) is 4.72 Å². The fraction of sp³-hybridized carbons (Fsp3) is 0.500. The van der Waals surface area contributed by atoms with Crippen molar-refractivity contribution in [3.8, 4) is 0 Å². The minimum atomic E-state index is -3.74. The molecule has 0 aliphatic heterocycles. The topological polar surface area (TPSA) is 66.4 Å². The standard InChI is InChI=1S/C12H17Cl2NO3S/c1-7(2)8(3)15-19(17,18)11-5-4-10(13)9(6-16)12(11)14/h4-5,7-8,15-16H,6H2,1-3H3. The Hall–Kier alpha value is -0.330. The molecule has 1 unspecified atom stereocenters. The Labute approximate surface area is 123 Å². The number of aliphatic hydroxyl groups is 1. The van der Waals surface area contributed by atoms with Crippen molar-refractivity contribution >= 4 is 33.2 Å². The number of nitrogens with one attached hydrogen (secondary N) is 1. The zero-order chi connectivity index (χ0) is 14.8. The molecule has 0 saturated carbocycles. The molecule has 0 amide bonds. The van der Waals surface area contributed by atoms with Crippen molar-refractivity contribution in [3.63, 3.8) is 0 Å². The van der Waals surface area contributed by atoms with Gasteiger partial charge in [-0.05, 0) is 25.0 Å². The summed E-state index contributed by atoms with van der Waals surface area (Å²) >= 11 is 11.8. The lowest BCUT2D eigenvalue weighted by Gasteiger charge is -2.18. The highest BCUT2D eigenvalue weighted by Gasteiger charge is 2.24. The summed E-state index contributed by atoms with van der Waals surface area (Å²) in [4.78, 5) is -0.0740. The third kappa shape index (κ3) is 3.83. The van der Waals surface area contributed by atoms with Crippen LogP contribution in [0.2, 0.25) is 10.0 Å². The van der Waals surface area contributed by atoms with E-state index in [9.17, 15) is 13.5 Å². The van der Waals surface area contributed by atoms with Crippen molar-refractivity contribution < 1.29 is 13.5 Å². The van der Waals surface area contributed by atoms with Crippen LogP contribution in [0, 0.1) is 5.92 Å². The predicted octanol–water partition coefficient (Wildman–Crippen LogP) is 2.81. The number of benzene rings is 1. The quantitative estimate of drug-likeness (QED) is 0.874. The van der Waals surface area contributed by atoms with E-state index < -0.39 is 16.6 Å². The molecule has 0 aliphatic rings. The van der Waals surface area contributed by atoms with E-state index in [0.29, 0.717) is 0 Å². The van der Waals surface area contributed by atoms with Crippen LogP contribution in [0.3, 0.4) is 0 Å². The van der Waals surface area contributed by atoms with Crippen LogP contribution in [0.1, 0.15) is 26.3 Å². The molecule has 1 aromatic carbocycles. The van der Waals surface area contributed by atoms with Crippen molar-refractivity contribution in [3.05, 3.63) is 27.7 Å². The van der Waals surface area contributed by atoms with Gasteiger partial charge in [0.05, 0.1) is 11.6 Å². The van der Waals surface area contributed by atoms with Crippen LogP contribution in [0.15, 0.2) is 17.0 Å². The van der Waals surface area contributed by atoms with Gasteiger partial charge in [0.15, 0.2) is 0 Å². The van der Waals surface area contributed by atoms with Gasteiger partial charge in [-0.1, -0.05) is 37.0 Å². The predicted molar refractivity (Wildman–Crippen MR) is 77.0 cm³/mol. The van der Waals surface area contributed by atoms with E-state index in [2.05, 4.69) is 4.72 Å². The number of halogens is 2. The summed E-state index contributed by atoms with van der Waals surface area (Å²) in [5, 5.41) is 9.37. The van der Waals surface area contributed by atoms with Crippen molar-refractivity contribution in [2.24, 2.45) is 5.92 Å². The third-order valence-electron chi connectivity index (χ3n) is 2.94. The second-order valence-corrected chi connectivity index (χ2v) is 7.12. The summed E-state index contributed by atoms with van der Waals surface area (Å²) in [6.07, 6.45) is 0. The van der Waals surface area contributed by atoms with Gasteiger partial charge in [-0.15, -0.1) is 0 Å². The van der Waals surface area contributed by atoms with Gasteiger partial charge in [0, 0.05) is 16.6 Å². The fourth-order valence-corrected chi connectivity index (χ4v) is 3.66. The normalized spacial score (nSPS) is 13.8. The van der Waals surface area contributed by atoms with E-state index in [1.165, 1.54) is 12.1 Å². The molecule has 0 bridgehead atoms. The highest BCUT2D eigenvalue weighted by molar-refractivity contribution is 7.89. The first kappa shape index (κ1) is 16.7. The Morgan fingerprint density at radius 2 is 1.84 bits per heavy atom. The molecular formula is C12H17Cl2NO3S. The van der Waals surface area contributed by atoms with Gasteiger partial charge < -0.3 is 5.11 Å². The van der Waals surface area contributed by atoms with E-state index in [-0.39, 0.29) is 32.5 Å². The minimum Gasteiger partial charge on any atom is -0.392 e. The Bertz CT molecular complexity index is 558. The molecule has 108 valence electrons. The molecule has 1 rings (SSSR count). The molecule has 4 nitrogen and oxygen atoms in total. The first-order chi connectivity index (χ1) is 8.70. The lowest BCUT2D eigenvalue weighted by molar-refractivity contribution is 0.281. The summed E-state index contributed by atoms with van der Waals surface area (Å²) in [6.45, 7) is 5.19. The van der Waals surface area contributed by atoms with Crippen molar-refractivity contribution in [2.75, 3.05) is 0 Å². The average molecular weight is 326 g/mol. The van der Waals surface area contributed by atoms with E-state index in [0.717, 1.165) is 0 Å². The summed E-state index contributed by atoms with van der Waals surface area (Å²) in [7, 11) is -3.74. The van der Waals surface area contributed by atoms with Crippen LogP contribution in [0.4, 0.5) is 0 Å². The van der Waals surface area contributed by atoms with E-state index >= 15 is 0 Å². The molecule has 0 aliphatic carbocycles. The van der Waals surface area contributed by atoms with Gasteiger partial charge in [0.2, 0.25) is 10.0 Å². The first-order valence-electron chi connectivity index (χ1n) is 5.80. The Morgan fingerprint density at radius 1 is 1.26 bits per heavy atom. The monoisotopic (exact) mass is 325 g/mol. The van der Waals surface area contributed by atoms with Crippen LogP contribution in [0.25, 0.3) is 0 Å². The second-order valence-electron chi connectivity index (χ2n) is 4.65. The lowest BCUT2D eigenvalue weighted by Crippen LogP contribution is -2.36. The molecule has 1 atom stereocenters. The molecule has 2 N–H and O–H groups in total. The maximum atomic E-state index is 12.2. The largest absolute Gasteiger partial charge is 0.392 e. The molecule has 0 radical (unpaired) electrons. The number of rotatable bonds is 5. The molecule has 7 heteroatoms. The highest BCUT2D eigenvalue weighted by Crippen LogP contribution is 2.31. The summed E-state index contributed by atoms with van der Waals surface area (Å²) in [6, 6.07) is 2.52. The van der Waals surface area contributed by atoms with Crippen LogP contribution in [-0.4, -0.2) is 19.6 Å². The maximum Gasteiger partial charge on any atom is 0.242 e. The fourth-order valence-electron chi connectivity index (χ4n) is 1.37. The summed E-state index contributed by atoms with van der Waals surface area (Å²) in [5.41, 5.74) is 0.211. The third-order valence-corrected chi connectivity index (χ3v) is 5.44. The zero-order valence-electron chi connectivity index (χ0n) is 10.9.